The molecule has 4 nitrogen and oxygen atoms in total. The van der Waals surface area contributed by atoms with E-state index in [1.165, 1.54) is 47.9 Å². The van der Waals surface area contributed by atoms with Crippen LogP contribution in [0.15, 0.2) is 9.50 Å². The summed E-state index contributed by atoms with van der Waals surface area (Å²) < 4.78 is 5.03. The van der Waals surface area contributed by atoms with Crippen LogP contribution >= 0.6 is 35.1 Å². The molecule has 0 saturated heterocycles. The molecule has 1 fully saturated rings. The van der Waals surface area contributed by atoms with Crippen LogP contribution in [0.25, 0.3) is 0 Å². The van der Waals surface area contributed by atoms with Gasteiger partial charge in [0.05, 0.1) is 5.75 Å². The first kappa shape index (κ1) is 13.2. The summed E-state index contributed by atoms with van der Waals surface area (Å²) in [5.41, 5.74) is 0. The predicted octanol–water partition coefficient (Wildman–Crippen LogP) is 2.41. The Kier molecular flexibility index (Phi) is 5.12. The summed E-state index contributed by atoms with van der Waals surface area (Å²) in [6, 6.07) is 0.402. The van der Waals surface area contributed by atoms with Gasteiger partial charge in [0.1, 0.15) is 0 Å². The number of amides is 1. The molecule has 1 aromatic heterocycles. The lowest BCUT2D eigenvalue weighted by molar-refractivity contribution is -0.119. The van der Waals surface area contributed by atoms with E-state index in [-0.39, 0.29) is 5.91 Å². The van der Waals surface area contributed by atoms with Gasteiger partial charge in [0, 0.05) is 6.04 Å². The van der Waals surface area contributed by atoms with Gasteiger partial charge < -0.3 is 5.32 Å². The molecule has 0 bridgehead atoms. The first-order valence-electron chi connectivity index (χ1n) is 5.58. The SMILES string of the molecule is CSc1nsc(SCC(=O)NC2CCCC2)n1. The van der Waals surface area contributed by atoms with Crippen LogP contribution in [0.5, 0.6) is 0 Å². The van der Waals surface area contributed by atoms with Gasteiger partial charge in [0.25, 0.3) is 0 Å². The molecular weight excluding hydrogens is 274 g/mol. The van der Waals surface area contributed by atoms with Crippen molar-refractivity contribution < 1.29 is 4.79 Å². The fourth-order valence-electron chi connectivity index (χ4n) is 1.81. The number of carbonyl (C=O) groups excluding carboxylic acids is 1. The maximum Gasteiger partial charge on any atom is 0.230 e. The van der Waals surface area contributed by atoms with E-state index in [9.17, 15) is 4.79 Å². The van der Waals surface area contributed by atoms with Gasteiger partial charge in [-0.25, -0.2) is 4.98 Å². The van der Waals surface area contributed by atoms with Gasteiger partial charge in [-0.3, -0.25) is 4.79 Å². The van der Waals surface area contributed by atoms with Gasteiger partial charge in [-0.05, 0) is 30.6 Å². The van der Waals surface area contributed by atoms with E-state index in [1.807, 2.05) is 6.26 Å². The average molecular weight is 289 g/mol. The maximum atomic E-state index is 11.7. The summed E-state index contributed by atoms with van der Waals surface area (Å²) in [5, 5.41) is 3.85. The first-order chi connectivity index (χ1) is 8.28. The third-order valence-electron chi connectivity index (χ3n) is 2.62. The summed E-state index contributed by atoms with van der Waals surface area (Å²) in [6.45, 7) is 0. The van der Waals surface area contributed by atoms with Crippen molar-refractivity contribution in [3.63, 3.8) is 0 Å². The smallest absolute Gasteiger partial charge is 0.230 e. The summed E-state index contributed by atoms with van der Waals surface area (Å²) in [6.07, 6.45) is 6.69. The standard InChI is InChI=1S/C10H15N3OS3/c1-15-9-12-10(17-13-9)16-6-8(14)11-7-4-2-3-5-7/h7H,2-6H2,1H3,(H,11,14). The Morgan fingerprint density at radius 3 is 2.94 bits per heavy atom. The molecule has 94 valence electrons. The molecule has 1 saturated carbocycles. The Hall–Kier alpha value is -0.270. The van der Waals surface area contributed by atoms with Crippen molar-refractivity contribution in [2.24, 2.45) is 0 Å². The van der Waals surface area contributed by atoms with E-state index in [1.54, 1.807) is 0 Å². The molecule has 0 aliphatic heterocycles. The van der Waals surface area contributed by atoms with Crippen molar-refractivity contribution in [1.29, 1.82) is 0 Å². The molecule has 1 amide bonds. The van der Waals surface area contributed by atoms with Crippen LogP contribution in [0.1, 0.15) is 25.7 Å². The van der Waals surface area contributed by atoms with E-state index in [2.05, 4.69) is 14.7 Å². The molecule has 0 radical (unpaired) electrons. The normalized spacial score (nSPS) is 16.3. The fourth-order valence-corrected chi connectivity index (χ4v) is 3.83. The predicted molar refractivity (Wildman–Crippen MR) is 72.8 cm³/mol. The third kappa shape index (κ3) is 4.15. The summed E-state index contributed by atoms with van der Waals surface area (Å²) in [5.74, 6) is 0.558. The summed E-state index contributed by atoms with van der Waals surface area (Å²) in [4.78, 5) is 16.0. The topological polar surface area (TPSA) is 54.9 Å². The highest BCUT2D eigenvalue weighted by Crippen LogP contribution is 2.23. The summed E-state index contributed by atoms with van der Waals surface area (Å²) in [7, 11) is 0. The van der Waals surface area contributed by atoms with Crippen LogP contribution in [0, 0.1) is 0 Å². The fraction of sp³-hybridized carbons (Fsp3) is 0.700. The second-order valence-electron chi connectivity index (χ2n) is 3.88. The first-order valence-corrected chi connectivity index (χ1v) is 8.56. The molecule has 0 spiro atoms. The van der Waals surface area contributed by atoms with Crippen molar-refractivity contribution in [2.45, 2.75) is 41.2 Å². The van der Waals surface area contributed by atoms with Crippen molar-refractivity contribution in [2.75, 3.05) is 12.0 Å². The van der Waals surface area contributed by atoms with Gasteiger partial charge in [-0.1, -0.05) is 36.4 Å². The highest BCUT2D eigenvalue weighted by Gasteiger charge is 2.17. The molecule has 1 aliphatic carbocycles. The Morgan fingerprint density at radius 1 is 1.53 bits per heavy atom. The van der Waals surface area contributed by atoms with Crippen molar-refractivity contribution in [1.82, 2.24) is 14.7 Å². The minimum Gasteiger partial charge on any atom is -0.353 e. The van der Waals surface area contributed by atoms with Crippen molar-refractivity contribution in [3.8, 4) is 0 Å². The highest BCUT2D eigenvalue weighted by molar-refractivity contribution is 8.01. The van der Waals surface area contributed by atoms with Gasteiger partial charge in [0.15, 0.2) is 4.34 Å². The van der Waals surface area contributed by atoms with Gasteiger partial charge in [-0.2, -0.15) is 4.37 Å². The highest BCUT2D eigenvalue weighted by atomic mass is 32.2. The lowest BCUT2D eigenvalue weighted by Gasteiger charge is -2.10. The van der Waals surface area contributed by atoms with Gasteiger partial charge in [-0.15, -0.1) is 0 Å². The second-order valence-corrected chi connectivity index (χ2v) is 6.63. The molecule has 2 rings (SSSR count). The van der Waals surface area contributed by atoms with Crippen molar-refractivity contribution >= 4 is 41.0 Å². The van der Waals surface area contributed by atoms with E-state index >= 15 is 0 Å². The van der Waals surface area contributed by atoms with Crippen LogP contribution in [0.4, 0.5) is 0 Å². The zero-order chi connectivity index (χ0) is 12.1. The van der Waals surface area contributed by atoms with Crippen LogP contribution in [-0.2, 0) is 4.79 Å². The number of hydrogen-bond acceptors (Lipinski definition) is 6. The molecular formula is C10H15N3OS3. The second kappa shape index (κ2) is 6.61. The largest absolute Gasteiger partial charge is 0.353 e. The molecule has 1 aliphatic rings. The Labute approximate surface area is 114 Å². The third-order valence-corrected chi connectivity index (χ3v) is 5.12. The zero-order valence-corrected chi connectivity index (χ0v) is 12.1. The van der Waals surface area contributed by atoms with E-state index in [0.717, 1.165) is 22.3 Å². The monoisotopic (exact) mass is 289 g/mol. The molecule has 1 aromatic rings. The quantitative estimate of drug-likeness (QED) is 0.844. The van der Waals surface area contributed by atoms with Crippen LogP contribution in [0.2, 0.25) is 0 Å². The number of hydrogen-bond donors (Lipinski definition) is 1. The van der Waals surface area contributed by atoms with E-state index in [4.69, 9.17) is 0 Å². The van der Waals surface area contributed by atoms with E-state index in [0.29, 0.717) is 11.8 Å². The molecule has 7 heteroatoms. The number of nitrogens with zero attached hydrogens (tertiary/aromatic N) is 2. The molecule has 0 aromatic carbocycles. The number of nitrogens with one attached hydrogen (secondary N) is 1. The minimum absolute atomic E-state index is 0.114. The lowest BCUT2D eigenvalue weighted by Crippen LogP contribution is -2.33. The Balaban J connectivity index is 1.71. The molecule has 0 atom stereocenters. The van der Waals surface area contributed by atoms with Gasteiger partial charge in [0.2, 0.25) is 11.1 Å². The van der Waals surface area contributed by atoms with Gasteiger partial charge >= 0.3 is 0 Å². The molecule has 1 N–H and O–H groups in total. The Bertz CT molecular complexity index is 377. The molecule has 1 heterocycles. The Morgan fingerprint density at radius 2 is 2.29 bits per heavy atom. The lowest BCUT2D eigenvalue weighted by atomic mass is 10.2. The van der Waals surface area contributed by atoms with Crippen LogP contribution < -0.4 is 5.32 Å². The zero-order valence-electron chi connectivity index (χ0n) is 9.64. The van der Waals surface area contributed by atoms with E-state index < -0.39 is 0 Å². The molecule has 17 heavy (non-hydrogen) atoms. The number of thioether (sulfide) groups is 2. The maximum absolute atomic E-state index is 11.7. The van der Waals surface area contributed by atoms with Crippen molar-refractivity contribution in [3.05, 3.63) is 0 Å². The summed E-state index contributed by atoms with van der Waals surface area (Å²) >= 11 is 4.35. The number of rotatable bonds is 5. The number of carbonyl (C=O) groups is 1. The average Bonchev–Trinajstić information content (AvgIpc) is 2.96. The van der Waals surface area contributed by atoms with Crippen LogP contribution in [0.3, 0.4) is 0 Å². The number of aromatic nitrogens is 2. The minimum atomic E-state index is 0.114. The molecule has 0 unspecified atom stereocenters. The van der Waals surface area contributed by atoms with Crippen LogP contribution in [-0.4, -0.2) is 33.3 Å².